The summed E-state index contributed by atoms with van der Waals surface area (Å²) in [4.78, 5) is 20.5. The SMILES string of the molecule is CCN1CCc2nc3ccccc3c(C(=O)Nc3c(Cl)cc(Cl)cc3Cl)c2C1. The van der Waals surface area contributed by atoms with E-state index >= 15 is 0 Å². The van der Waals surface area contributed by atoms with E-state index in [0.29, 0.717) is 32.9 Å². The third kappa shape index (κ3) is 3.58. The summed E-state index contributed by atoms with van der Waals surface area (Å²) >= 11 is 18.5. The maximum Gasteiger partial charge on any atom is 0.256 e. The molecule has 1 N–H and O–H groups in total. The number of halogens is 3. The Kier molecular flexibility index (Phi) is 5.48. The van der Waals surface area contributed by atoms with Gasteiger partial charge in [-0.15, -0.1) is 0 Å². The highest BCUT2D eigenvalue weighted by Gasteiger charge is 2.26. The van der Waals surface area contributed by atoms with Crippen LogP contribution in [-0.2, 0) is 13.0 Å². The first kappa shape index (κ1) is 19.5. The lowest BCUT2D eigenvalue weighted by Gasteiger charge is -2.29. The predicted octanol–water partition coefficient (Wildman–Crippen LogP) is 5.83. The number of carbonyl (C=O) groups is 1. The Hall–Kier alpha value is -1.85. The molecule has 7 heteroatoms. The van der Waals surface area contributed by atoms with Crippen LogP contribution in [0.25, 0.3) is 10.9 Å². The number of benzene rings is 2. The first-order chi connectivity index (χ1) is 13.5. The molecule has 1 aliphatic heterocycles. The van der Waals surface area contributed by atoms with Crippen molar-refractivity contribution in [2.24, 2.45) is 0 Å². The van der Waals surface area contributed by atoms with E-state index in [-0.39, 0.29) is 5.91 Å². The average Bonchev–Trinajstić information content (AvgIpc) is 2.68. The lowest BCUT2D eigenvalue weighted by Crippen LogP contribution is -2.33. The zero-order valence-electron chi connectivity index (χ0n) is 15.2. The van der Waals surface area contributed by atoms with E-state index in [9.17, 15) is 4.79 Å². The fourth-order valence-corrected chi connectivity index (χ4v) is 4.52. The minimum atomic E-state index is -0.251. The minimum Gasteiger partial charge on any atom is -0.319 e. The molecule has 0 saturated carbocycles. The molecular formula is C21H18Cl3N3O. The van der Waals surface area contributed by atoms with Crippen LogP contribution in [0.2, 0.25) is 15.1 Å². The van der Waals surface area contributed by atoms with Crippen LogP contribution in [-0.4, -0.2) is 28.9 Å². The third-order valence-corrected chi connectivity index (χ3v) is 5.86. The van der Waals surface area contributed by atoms with Crippen LogP contribution in [0.1, 0.15) is 28.5 Å². The van der Waals surface area contributed by atoms with Gasteiger partial charge < -0.3 is 5.32 Å². The summed E-state index contributed by atoms with van der Waals surface area (Å²) in [5.41, 5.74) is 3.73. The van der Waals surface area contributed by atoms with Gasteiger partial charge in [0, 0.05) is 41.2 Å². The number of amides is 1. The number of anilines is 1. The summed E-state index contributed by atoms with van der Waals surface area (Å²) in [5, 5.41) is 4.72. The van der Waals surface area contributed by atoms with Crippen molar-refractivity contribution in [1.29, 1.82) is 0 Å². The van der Waals surface area contributed by atoms with Gasteiger partial charge in [0.2, 0.25) is 0 Å². The predicted molar refractivity (Wildman–Crippen MR) is 116 cm³/mol. The van der Waals surface area contributed by atoms with Crippen molar-refractivity contribution < 1.29 is 4.79 Å². The Morgan fingerprint density at radius 2 is 1.89 bits per heavy atom. The molecule has 0 saturated heterocycles. The molecule has 0 bridgehead atoms. The van der Waals surface area contributed by atoms with Crippen molar-refractivity contribution in [1.82, 2.24) is 9.88 Å². The number of hydrogen-bond donors (Lipinski definition) is 1. The molecule has 1 amide bonds. The second-order valence-electron chi connectivity index (χ2n) is 6.75. The molecule has 144 valence electrons. The van der Waals surface area contributed by atoms with Crippen LogP contribution in [0, 0.1) is 0 Å². The molecule has 0 radical (unpaired) electrons. The quantitative estimate of drug-likeness (QED) is 0.564. The Balaban J connectivity index is 1.84. The molecule has 3 aromatic rings. The topological polar surface area (TPSA) is 45.2 Å². The van der Waals surface area contributed by atoms with Gasteiger partial charge in [0.15, 0.2) is 0 Å². The Labute approximate surface area is 178 Å². The lowest BCUT2D eigenvalue weighted by molar-refractivity contribution is 0.102. The Morgan fingerprint density at radius 3 is 2.61 bits per heavy atom. The van der Waals surface area contributed by atoms with Gasteiger partial charge in [-0.2, -0.15) is 0 Å². The molecule has 0 spiro atoms. The van der Waals surface area contributed by atoms with Gasteiger partial charge in [0.1, 0.15) is 0 Å². The van der Waals surface area contributed by atoms with Gasteiger partial charge in [-0.1, -0.05) is 59.9 Å². The lowest BCUT2D eigenvalue weighted by atomic mass is 9.95. The van der Waals surface area contributed by atoms with E-state index < -0.39 is 0 Å². The fourth-order valence-electron chi connectivity index (χ4n) is 3.61. The van der Waals surface area contributed by atoms with Crippen LogP contribution in [0.5, 0.6) is 0 Å². The number of pyridine rings is 1. The van der Waals surface area contributed by atoms with Crippen molar-refractivity contribution >= 4 is 57.3 Å². The second-order valence-corrected chi connectivity index (χ2v) is 8.00. The number of fused-ring (bicyclic) bond motifs is 2. The average molecular weight is 435 g/mol. The molecule has 0 unspecified atom stereocenters. The van der Waals surface area contributed by atoms with E-state index in [1.165, 1.54) is 0 Å². The molecule has 0 atom stereocenters. The van der Waals surface area contributed by atoms with Crippen molar-refractivity contribution in [2.45, 2.75) is 19.9 Å². The van der Waals surface area contributed by atoms with Crippen LogP contribution in [0.4, 0.5) is 5.69 Å². The zero-order chi connectivity index (χ0) is 19.8. The van der Waals surface area contributed by atoms with Gasteiger partial charge in [-0.3, -0.25) is 14.7 Å². The molecule has 1 aromatic heterocycles. The highest BCUT2D eigenvalue weighted by atomic mass is 35.5. The number of aromatic nitrogens is 1. The maximum absolute atomic E-state index is 13.4. The number of likely N-dealkylation sites (N-methyl/N-ethyl adjacent to an activating group) is 1. The summed E-state index contributed by atoms with van der Waals surface area (Å²) in [5.74, 6) is -0.251. The van der Waals surface area contributed by atoms with E-state index in [0.717, 1.165) is 41.7 Å². The van der Waals surface area contributed by atoms with Crippen LogP contribution in [0.15, 0.2) is 36.4 Å². The summed E-state index contributed by atoms with van der Waals surface area (Å²) in [7, 11) is 0. The first-order valence-corrected chi connectivity index (χ1v) is 10.2. The van der Waals surface area contributed by atoms with Crippen LogP contribution < -0.4 is 5.32 Å². The zero-order valence-corrected chi connectivity index (χ0v) is 17.5. The third-order valence-electron chi connectivity index (χ3n) is 5.05. The second kappa shape index (κ2) is 7.88. The summed E-state index contributed by atoms with van der Waals surface area (Å²) in [6, 6.07) is 10.8. The number of hydrogen-bond acceptors (Lipinski definition) is 3. The fraction of sp³-hybridized carbons (Fsp3) is 0.238. The van der Waals surface area contributed by atoms with Crippen LogP contribution >= 0.6 is 34.8 Å². The molecular weight excluding hydrogens is 417 g/mol. The van der Waals surface area contributed by atoms with E-state index in [1.54, 1.807) is 12.1 Å². The van der Waals surface area contributed by atoms with Crippen LogP contribution in [0.3, 0.4) is 0 Å². The van der Waals surface area contributed by atoms with Crippen molar-refractivity contribution in [3.63, 3.8) is 0 Å². The van der Waals surface area contributed by atoms with Crippen molar-refractivity contribution in [2.75, 3.05) is 18.4 Å². The van der Waals surface area contributed by atoms with Gasteiger partial charge in [0.25, 0.3) is 5.91 Å². The maximum atomic E-state index is 13.4. The van der Waals surface area contributed by atoms with Gasteiger partial charge >= 0.3 is 0 Å². The number of rotatable bonds is 3. The van der Waals surface area contributed by atoms with Crippen molar-refractivity contribution in [3.05, 3.63) is 68.3 Å². The van der Waals surface area contributed by atoms with Crippen molar-refractivity contribution in [3.8, 4) is 0 Å². The highest BCUT2D eigenvalue weighted by molar-refractivity contribution is 6.42. The minimum absolute atomic E-state index is 0.251. The summed E-state index contributed by atoms with van der Waals surface area (Å²) in [6.07, 6.45) is 0.816. The smallest absolute Gasteiger partial charge is 0.256 e. The first-order valence-electron chi connectivity index (χ1n) is 9.06. The molecule has 2 aromatic carbocycles. The monoisotopic (exact) mass is 433 g/mol. The molecule has 0 fully saturated rings. The molecule has 28 heavy (non-hydrogen) atoms. The number of nitrogens with zero attached hydrogens (tertiary/aromatic N) is 2. The number of para-hydroxylation sites is 1. The number of nitrogens with one attached hydrogen (secondary N) is 1. The van der Waals surface area contributed by atoms with Gasteiger partial charge in [-0.25, -0.2) is 0 Å². The molecule has 4 rings (SSSR count). The number of carbonyl (C=O) groups excluding carboxylic acids is 1. The molecule has 0 aliphatic carbocycles. The Morgan fingerprint density at radius 1 is 1.18 bits per heavy atom. The van der Waals surface area contributed by atoms with Gasteiger partial charge in [-0.05, 0) is 24.7 Å². The molecule has 4 nitrogen and oxygen atoms in total. The highest BCUT2D eigenvalue weighted by Crippen LogP contribution is 2.35. The van der Waals surface area contributed by atoms with Gasteiger partial charge in [0.05, 0.1) is 26.8 Å². The molecule has 1 aliphatic rings. The molecule has 2 heterocycles. The van der Waals surface area contributed by atoms with E-state index in [4.69, 9.17) is 39.8 Å². The standard InChI is InChI=1S/C21H18Cl3N3O/c1-2-27-8-7-18-14(11-27)19(13-5-3-4-6-17(13)25-18)21(28)26-20-15(23)9-12(22)10-16(20)24/h3-6,9-10H,2,7-8,11H2,1H3,(H,26,28). The Bertz CT molecular complexity index is 1060. The van der Waals surface area contributed by atoms with E-state index in [1.807, 2.05) is 24.3 Å². The normalized spacial score (nSPS) is 14.1. The largest absolute Gasteiger partial charge is 0.319 e. The summed E-state index contributed by atoms with van der Waals surface area (Å²) < 4.78 is 0. The summed E-state index contributed by atoms with van der Waals surface area (Å²) in [6.45, 7) is 4.66. The van der Waals surface area contributed by atoms with E-state index in [2.05, 4.69) is 17.1 Å².